The van der Waals surface area contributed by atoms with Gasteiger partial charge < -0.3 is 10.4 Å². The molecule has 0 aliphatic rings. The molecule has 0 fully saturated rings. The van der Waals surface area contributed by atoms with Gasteiger partial charge in [-0.25, -0.2) is 12.8 Å². The van der Waals surface area contributed by atoms with Crippen LogP contribution in [0.4, 0.5) is 23.2 Å². The highest BCUT2D eigenvalue weighted by Crippen LogP contribution is 2.33. The van der Waals surface area contributed by atoms with Crippen molar-refractivity contribution < 1.29 is 35.9 Å². The first-order valence-electron chi connectivity index (χ1n) is 7.90. The second-order valence-corrected chi connectivity index (χ2v) is 8.25. The van der Waals surface area contributed by atoms with E-state index in [1.165, 1.54) is 18.2 Å². The highest BCUT2D eigenvalue weighted by atomic mass is 32.2. The molecule has 0 heterocycles. The van der Waals surface area contributed by atoms with E-state index in [-0.39, 0.29) is 0 Å². The van der Waals surface area contributed by atoms with Crippen LogP contribution in [0.5, 0.6) is 0 Å². The van der Waals surface area contributed by atoms with Crippen molar-refractivity contribution in [3.05, 3.63) is 59.4 Å². The zero-order valence-corrected chi connectivity index (χ0v) is 15.6. The van der Waals surface area contributed by atoms with Gasteiger partial charge in [0.2, 0.25) is 0 Å². The van der Waals surface area contributed by atoms with Gasteiger partial charge in [0.05, 0.1) is 22.9 Å². The van der Waals surface area contributed by atoms with Crippen LogP contribution in [-0.2, 0) is 20.8 Å². The highest BCUT2D eigenvalue weighted by molar-refractivity contribution is 7.91. The van der Waals surface area contributed by atoms with E-state index >= 15 is 0 Å². The van der Waals surface area contributed by atoms with E-state index in [1.807, 2.05) is 5.32 Å². The molecule has 0 aliphatic carbocycles. The lowest BCUT2D eigenvalue weighted by Gasteiger charge is -2.22. The van der Waals surface area contributed by atoms with Gasteiger partial charge in [0.25, 0.3) is 5.91 Å². The quantitative estimate of drug-likeness (QED) is 0.710. The Labute approximate surface area is 163 Å². The summed E-state index contributed by atoms with van der Waals surface area (Å²) in [5.74, 6) is -3.62. The summed E-state index contributed by atoms with van der Waals surface area (Å²) in [5, 5.41) is 21.0. The van der Waals surface area contributed by atoms with Crippen LogP contribution in [0, 0.1) is 17.1 Å². The third-order valence-electron chi connectivity index (χ3n) is 3.84. The van der Waals surface area contributed by atoms with Gasteiger partial charge in [-0.3, -0.25) is 4.79 Å². The summed E-state index contributed by atoms with van der Waals surface area (Å²) >= 11 is 0. The molecule has 0 aliphatic heterocycles. The van der Waals surface area contributed by atoms with Gasteiger partial charge in [-0.2, -0.15) is 18.4 Å². The van der Waals surface area contributed by atoms with Gasteiger partial charge in [0.1, 0.15) is 10.7 Å². The van der Waals surface area contributed by atoms with Crippen LogP contribution in [0.1, 0.15) is 18.1 Å². The summed E-state index contributed by atoms with van der Waals surface area (Å²) in [6, 6.07) is 8.01. The topological polar surface area (TPSA) is 107 Å². The third-order valence-corrected chi connectivity index (χ3v) is 5.78. The minimum Gasteiger partial charge on any atom is -0.379 e. The lowest BCUT2D eigenvalue weighted by atomic mass is 10.1. The van der Waals surface area contributed by atoms with Gasteiger partial charge in [-0.15, -0.1) is 0 Å². The van der Waals surface area contributed by atoms with Gasteiger partial charge >= 0.3 is 6.18 Å². The van der Waals surface area contributed by atoms with Crippen molar-refractivity contribution in [3.63, 3.8) is 0 Å². The Kier molecular flexibility index (Phi) is 6.01. The molecule has 2 aromatic rings. The fourth-order valence-corrected chi connectivity index (χ4v) is 4.11. The fourth-order valence-electron chi connectivity index (χ4n) is 2.43. The van der Waals surface area contributed by atoms with Crippen LogP contribution >= 0.6 is 0 Å². The second-order valence-electron chi connectivity index (χ2n) is 6.29. The maximum atomic E-state index is 13.7. The smallest absolute Gasteiger partial charge is 0.379 e. The van der Waals surface area contributed by atoms with Crippen LogP contribution in [-0.4, -0.2) is 30.8 Å². The number of nitrogens with one attached hydrogen (secondary N) is 1. The molecule has 1 atom stereocenters. The number of aliphatic hydroxyl groups is 1. The number of halogens is 4. The van der Waals surface area contributed by atoms with Crippen LogP contribution in [0.25, 0.3) is 0 Å². The number of nitrogens with zero attached hydrogens (tertiary/aromatic N) is 1. The number of benzene rings is 2. The van der Waals surface area contributed by atoms with Gasteiger partial charge in [0.15, 0.2) is 15.4 Å². The number of sulfone groups is 1. The molecule has 11 heteroatoms. The Balaban J connectivity index is 2.28. The van der Waals surface area contributed by atoms with Crippen molar-refractivity contribution >= 4 is 21.4 Å². The van der Waals surface area contributed by atoms with E-state index in [2.05, 4.69) is 0 Å². The predicted molar refractivity (Wildman–Crippen MR) is 93.9 cm³/mol. The van der Waals surface area contributed by atoms with Gasteiger partial charge in [-0.05, 0) is 37.3 Å². The number of nitriles is 1. The zero-order chi connectivity index (χ0) is 22.0. The molecule has 0 bridgehead atoms. The molecule has 0 saturated heterocycles. The molecule has 6 nitrogen and oxygen atoms in total. The Morgan fingerprint density at radius 2 is 1.83 bits per heavy atom. The Morgan fingerprint density at radius 3 is 2.38 bits per heavy atom. The Bertz CT molecular complexity index is 1090. The lowest BCUT2D eigenvalue weighted by Crippen LogP contribution is -2.46. The van der Waals surface area contributed by atoms with E-state index in [0.29, 0.717) is 6.07 Å². The molecular formula is C18H14F4N2O4S. The summed E-state index contributed by atoms with van der Waals surface area (Å²) in [4.78, 5) is 11.5. The van der Waals surface area contributed by atoms with Crippen LogP contribution in [0.3, 0.4) is 0 Å². The first-order chi connectivity index (χ1) is 13.3. The first kappa shape index (κ1) is 22.3. The second kappa shape index (κ2) is 7.81. The maximum absolute atomic E-state index is 13.7. The van der Waals surface area contributed by atoms with Crippen LogP contribution < -0.4 is 5.32 Å². The predicted octanol–water partition coefficient (Wildman–Crippen LogP) is 2.88. The lowest BCUT2D eigenvalue weighted by molar-refractivity contribution is -0.137. The van der Waals surface area contributed by atoms with Crippen molar-refractivity contribution in [1.29, 1.82) is 5.26 Å². The number of rotatable bonds is 5. The molecule has 29 heavy (non-hydrogen) atoms. The average molecular weight is 430 g/mol. The van der Waals surface area contributed by atoms with E-state index in [4.69, 9.17) is 5.26 Å². The minimum absolute atomic E-state index is 0.412. The zero-order valence-electron chi connectivity index (χ0n) is 14.8. The van der Waals surface area contributed by atoms with Crippen molar-refractivity contribution in [1.82, 2.24) is 0 Å². The van der Waals surface area contributed by atoms with Crippen molar-refractivity contribution in [2.75, 3.05) is 11.1 Å². The van der Waals surface area contributed by atoms with E-state index in [0.717, 1.165) is 31.2 Å². The maximum Gasteiger partial charge on any atom is 0.417 e. The largest absolute Gasteiger partial charge is 0.417 e. The molecule has 0 spiro atoms. The van der Waals surface area contributed by atoms with E-state index < -0.39 is 60.8 Å². The number of alkyl halides is 3. The number of amides is 1. The monoisotopic (exact) mass is 430 g/mol. The summed E-state index contributed by atoms with van der Waals surface area (Å²) < 4.78 is 77.4. The molecule has 0 radical (unpaired) electrons. The van der Waals surface area contributed by atoms with Crippen molar-refractivity contribution in [3.8, 4) is 6.07 Å². The van der Waals surface area contributed by atoms with Crippen molar-refractivity contribution in [2.45, 2.75) is 23.6 Å². The van der Waals surface area contributed by atoms with Crippen LogP contribution in [0.2, 0.25) is 0 Å². The number of hydrogen-bond acceptors (Lipinski definition) is 5. The van der Waals surface area contributed by atoms with E-state index in [9.17, 15) is 35.9 Å². The molecule has 2 aromatic carbocycles. The molecule has 2 rings (SSSR count). The minimum atomic E-state index is -4.87. The Hall–Kier alpha value is -2.97. The fraction of sp³-hybridized carbons (Fsp3) is 0.222. The van der Waals surface area contributed by atoms with Crippen LogP contribution in [0.15, 0.2) is 47.4 Å². The number of anilines is 1. The SMILES string of the molecule is C[C@](O)(CS(=O)(=O)c1ccccc1F)C(=O)Nc1ccc(C#N)c(C(F)(F)F)c1. The van der Waals surface area contributed by atoms with E-state index in [1.54, 1.807) is 0 Å². The summed E-state index contributed by atoms with van der Waals surface area (Å²) in [5.41, 5.74) is -4.99. The summed E-state index contributed by atoms with van der Waals surface area (Å²) in [6.45, 7) is 0.828. The molecule has 0 unspecified atom stereocenters. The average Bonchev–Trinajstić information content (AvgIpc) is 2.60. The molecule has 2 N–H and O–H groups in total. The standard InChI is InChI=1S/C18H14F4N2O4S/c1-17(26,10-29(27,28)15-5-3-2-4-14(15)19)16(25)24-12-7-6-11(9-23)13(8-12)18(20,21)22/h2-8,26H,10H2,1H3,(H,24,25)/t17-/m0/s1. The third kappa shape index (κ3) is 5.10. The molecule has 1 amide bonds. The number of carbonyl (C=O) groups excluding carboxylic acids is 1. The van der Waals surface area contributed by atoms with Gasteiger partial charge in [0, 0.05) is 5.69 Å². The molecular weight excluding hydrogens is 416 g/mol. The van der Waals surface area contributed by atoms with Gasteiger partial charge in [-0.1, -0.05) is 12.1 Å². The van der Waals surface area contributed by atoms with Crippen molar-refractivity contribution in [2.24, 2.45) is 0 Å². The number of hydrogen-bond donors (Lipinski definition) is 2. The normalized spacial score (nSPS) is 14.0. The molecule has 0 saturated carbocycles. The highest BCUT2D eigenvalue weighted by Gasteiger charge is 2.38. The first-order valence-corrected chi connectivity index (χ1v) is 9.55. The summed E-state index contributed by atoms with van der Waals surface area (Å²) in [7, 11) is -4.44. The molecule has 0 aromatic heterocycles. The Morgan fingerprint density at radius 1 is 1.21 bits per heavy atom. The number of carbonyl (C=O) groups is 1. The molecule has 154 valence electrons. The summed E-state index contributed by atoms with van der Waals surface area (Å²) in [6.07, 6.45) is -4.87.